The van der Waals surface area contributed by atoms with Crippen molar-refractivity contribution < 1.29 is 14.6 Å². The third-order valence-corrected chi connectivity index (χ3v) is 7.08. The van der Waals surface area contributed by atoms with Gasteiger partial charge in [-0.15, -0.1) is 0 Å². The number of nitrogens with one attached hydrogen (secondary N) is 1. The Morgan fingerprint density at radius 3 is 2.75 bits per heavy atom. The van der Waals surface area contributed by atoms with Gasteiger partial charge in [0.1, 0.15) is 5.69 Å². The fraction of sp³-hybridized carbons (Fsp3) is 0.519. The summed E-state index contributed by atoms with van der Waals surface area (Å²) in [5.74, 6) is -0.0447. The van der Waals surface area contributed by atoms with E-state index < -0.39 is 0 Å². The lowest BCUT2D eigenvalue weighted by atomic mass is 10.0. The van der Waals surface area contributed by atoms with Gasteiger partial charge >= 0.3 is 0 Å². The lowest BCUT2D eigenvalue weighted by Gasteiger charge is -2.34. The maximum absolute atomic E-state index is 12.9. The van der Waals surface area contributed by atoms with Crippen LogP contribution in [0.3, 0.4) is 0 Å². The van der Waals surface area contributed by atoms with Gasteiger partial charge in [-0.2, -0.15) is 5.10 Å². The minimum Gasteiger partial charge on any atom is -0.494 e. The second-order valence-corrected chi connectivity index (χ2v) is 9.78. The van der Waals surface area contributed by atoms with Crippen LogP contribution in [0, 0.1) is 0 Å². The highest BCUT2D eigenvalue weighted by Crippen LogP contribution is 2.32. The molecule has 0 spiro atoms. The molecule has 1 aliphatic heterocycles. The zero-order valence-corrected chi connectivity index (χ0v) is 22.0. The summed E-state index contributed by atoms with van der Waals surface area (Å²) in [6, 6.07) is 6.36. The normalized spacial score (nSPS) is 15.8. The molecule has 1 amide bonds. The molecule has 1 fully saturated rings. The molecular weight excluding hydrogens is 456 g/mol. The number of nitrogens with zero attached hydrogens (tertiary/aromatic N) is 5. The van der Waals surface area contributed by atoms with Crippen molar-refractivity contribution in [1.29, 1.82) is 0 Å². The van der Waals surface area contributed by atoms with Crippen LogP contribution in [0.4, 0.5) is 5.69 Å². The molecule has 194 valence electrons. The number of aliphatic imine (C=N–C) groups is 1. The molecule has 0 saturated carbocycles. The molecule has 0 atom stereocenters. The fourth-order valence-electron chi connectivity index (χ4n) is 4.87. The Hall–Kier alpha value is -3.17. The number of carbonyl (C=O) groups is 1. The second kappa shape index (κ2) is 11.3. The molecule has 0 aliphatic carbocycles. The van der Waals surface area contributed by atoms with Gasteiger partial charge in [-0.05, 0) is 51.3 Å². The highest BCUT2D eigenvalue weighted by Gasteiger charge is 2.23. The van der Waals surface area contributed by atoms with Crippen molar-refractivity contribution in [1.82, 2.24) is 24.6 Å². The number of piperidine rings is 1. The first-order valence-corrected chi connectivity index (χ1v) is 12.8. The molecule has 9 heteroatoms. The topological polar surface area (TPSA) is 99.0 Å². The van der Waals surface area contributed by atoms with Crippen LogP contribution in [-0.4, -0.2) is 87.7 Å². The number of amides is 1. The Bertz CT molecular complexity index is 1220. The zero-order valence-electron chi connectivity index (χ0n) is 22.0. The first kappa shape index (κ1) is 25.9. The van der Waals surface area contributed by atoms with E-state index in [4.69, 9.17) is 9.73 Å². The lowest BCUT2D eigenvalue weighted by molar-refractivity contribution is 0.0744. The van der Waals surface area contributed by atoms with Gasteiger partial charge < -0.3 is 24.6 Å². The maximum atomic E-state index is 12.9. The van der Waals surface area contributed by atoms with Gasteiger partial charge in [0.2, 0.25) is 0 Å². The molecule has 4 rings (SSSR count). The Labute approximate surface area is 212 Å². The summed E-state index contributed by atoms with van der Waals surface area (Å²) in [5.41, 5.74) is 3.44. The zero-order chi connectivity index (χ0) is 25.8. The minimum absolute atomic E-state index is 0.0522. The summed E-state index contributed by atoms with van der Waals surface area (Å²) in [7, 11) is 3.37. The third kappa shape index (κ3) is 5.47. The van der Waals surface area contributed by atoms with Gasteiger partial charge in [0.05, 0.1) is 36.3 Å². The maximum Gasteiger partial charge on any atom is 0.253 e. The Kier molecular flexibility index (Phi) is 8.11. The molecular formula is C27H38N6O3. The molecule has 9 nitrogen and oxygen atoms in total. The van der Waals surface area contributed by atoms with Gasteiger partial charge in [0, 0.05) is 56.3 Å². The first-order valence-electron chi connectivity index (χ1n) is 12.8. The van der Waals surface area contributed by atoms with E-state index in [2.05, 4.69) is 28.8 Å². The number of ether oxygens (including phenoxy) is 1. The molecule has 1 aliphatic rings. The van der Waals surface area contributed by atoms with E-state index in [9.17, 15) is 9.90 Å². The number of rotatable bonds is 9. The number of benzene rings is 1. The number of aromatic nitrogens is 3. The van der Waals surface area contributed by atoms with Crippen LogP contribution in [-0.2, 0) is 4.74 Å². The van der Waals surface area contributed by atoms with Crippen LogP contribution in [0.1, 0.15) is 62.0 Å². The van der Waals surface area contributed by atoms with Crippen molar-refractivity contribution >= 4 is 28.2 Å². The predicted octanol–water partition coefficient (Wildman–Crippen LogP) is 4.36. The highest BCUT2D eigenvalue weighted by atomic mass is 16.5. The third-order valence-electron chi connectivity index (χ3n) is 7.08. The molecule has 0 radical (unpaired) electrons. The van der Waals surface area contributed by atoms with E-state index in [1.54, 1.807) is 31.3 Å². The molecule has 1 aromatic carbocycles. The molecule has 2 aromatic heterocycles. The number of carbonyl (C=O) groups excluding carboxylic acids is 1. The quantitative estimate of drug-likeness (QED) is 0.431. The van der Waals surface area contributed by atoms with Gasteiger partial charge in [0.25, 0.3) is 5.91 Å². The Balaban J connectivity index is 1.59. The molecule has 36 heavy (non-hydrogen) atoms. The first-order chi connectivity index (χ1) is 17.3. The fourth-order valence-corrected chi connectivity index (χ4v) is 4.87. The molecule has 2 N–H and O–H groups in total. The van der Waals surface area contributed by atoms with Crippen molar-refractivity contribution in [3.63, 3.8) is 0 Å². The number of likely N-dealkylation sites (tertiary alicyclic amines) is 1. The average Bonchev–Trinajstić information content (AvgIpc) is 3.48. The van der Waals surface area contributed by atoms with E-state index in [-0.39, 0.29) is 11.8 Å². The molecule has 1 saturated heterocycles. The lowest BCUT2D eigenvalue weighted by Crippen LogP contribution is -2.39. The second-order valence-electron chi connectivity index (χ2n) is 9.78. The van der Waals surface area contributed by atoms with Crippen molar-refractivity contribution in [3.05, 3.63) is 41.7 Å². The Morgan fingerprint density at radius 1 is 1.33 bits per heavy atom. The summed E-state index contributed by atoms with van der Waals surface area (Å²) in [6.45, 7) is 9.62. The number of likely N-dealkylation sites (N-methyl/N-ethyl adjacent to an activating group) is 1. The Morgan fingerprint density at radius 2 is 2.08 bits per heavy atom. The van der Waals surface area contributed by atoms with E-state index in [1.165, 1.54) is 0 Å². The number of methoxy groups -OCH3 is 1. The summed E-state index contributed by atoms with van der Waals surface area (Å²) in [5, 5.41) is 16.1. The average molecular weight is 495 g/mol. The predicted molar refractivity (Wildman–Crippen MR) is 142 cm³/mol. The van der Waals surface area contributed by atoms with E-state index in [0.29, 0.717) is 42.8 Å². The summed E-state index contributed by atoms with van der Waals surface area (Å²) >= 11 is 0. The summed E-state index contributed by atoms with van der Waals surface area (Å²) < 4.78 is 7.12. The van der Waals surface area contributed by atoms with Crippen LogP contribution < -0.4 is 0 Å². The van der Waals surface area contributed by atoms with Gasteiger partial charge in [-0.25, -0.2) is 4.99 Å². The van der Waals surface area contributed by atoms with Crippen molar-refractivity contribution in [3.8, 4) is 5.88 Å². The van der Waals surface area contributed by atoms with Crippen LogP contribution in [0.15, 0.2) is 35.6 Å². The highest BCUT2D eigenvalue weighted by molar-refractivity contribution is 6.14. The van der Waals surface area contributed by atoms with Crippen LogP contribution >= 0.6 is 0 Å². The van der Waals surface area contributed by atoms with Crippen molar-refractivity contribution in [2.75, 3.05) is 40.4 Å². The van der Waals surface area contributed by atoms with Crippen molar-refractivity contribution in [2.24, 2.45) is 4.99 Å². The molecule has 3 heterocycles. The van der Waals surface area contributed by atoms with Gasteiger partial charge in [-0.1, -0.05) is 6.92 Å². The van der Waals surface area contributed by atoms with E-state index >= 15 is 0 Å². The monoisotopic (exact) mass is 494 g/mol. The van der Waals surface area contributed by atoms with Crippen LogP contribution in [0.2, 0.25) is 0 Å². The van der Waals surface area contributed by atoms with Crippen LogP contribution in [0.5, 0.6) is 5.88 Å². The largest absolute Gasteiger partial charge is 0.494 e. The summed E-state index contributed by atoms with van der Waals surface area (Å²) in [6.07, 6.45) is 6.54. The smallest absolute Gasteiger partial charge is 0.253 e. The SMILES string of the molecule is CCC(=Nc1cnn(C2CCN(C(C)C)CC2)c1)c1c(O)[nH]c2ccc(C(=O)N(C)CCOC)cc12. The number of fused-ring (bicyclic) bond motifs is 1. The van der Waals surface area contributed by atoms with Crippen molar-refractivity contribution in [2.45, 2.75) is 52.1 Å². The van der Waals surface area contributed by atoms with Crippen LogP contribution in [0.25, 0.3) is 10.9 Å². The standard InChI is InChI=1S/C27H38N6O3/c1-6-23(29-20-16-28-33(17-20)21-9-11-32(12-10-21)18(2)3)25-22-15-19(7-8-24(22)30-26(25)34)27(35)31(4)13-14-36-5/h7-8,15-18,21,30,34H,6,9-14H2,1-5H3. The number of hydrogen-bond donors (Lipinski definition) is 2. The van der Waals surface area contributed by atoms with Gasteiger partial charge in [-0.3, -0.25) is 9.48 Å². The summed E-state index contributed by atoms with van der Waals surface area (Å²) in [4.78, 5) is 24.9. The minimum atomic E-state index is -0.0969. The van der Waals surface area contributed by atoms with E-state index in [1.807, 2.05) is 29.9 Å². The van der Waals surface area contributed by atoms with Gasteiger partial charge in [0.15, 0.2) is 5.88 Å². The molecule has 3 aromatic rings. The number of aromatic hydroxyl groups is 1. The van der Waals surface area contributed by atoms with E-state index in [0.717, 1.165) is 48.2 Å². The molecule has 0 unspecified atom stereocenters. The number of aromatic amines is 1. The number of hydrogen-bond acceptors (Lipinski definition) is 6. The number of H-pyrrole nitrogens is 1. The molecule has 0 bridgehead atoms.